The molecule has 0 aliphatic carbocycles. The molecule has 0 saturated heterocycles. The number of hydrogen-bond acceptors (Lipinski definition) is 3. The van der Waals surface area contributed by atoms with Gasteiger partial charge in [-0.15, -0.1) is 0 Å². The van der Waals surface area contributed by atoms with Gasteiger partial charge in [0, 0.05) is 17.4 Å². The highest BCUT2D eigenvalue weighted by atomic mass is 79.9. The number of carbonyl (C=O) groups excluding carboxylic acids is 1. The lowest BCUT2D eigenvalue weighted by molar-refractivity contribution is -0.142. The van der Waals surface area contributed by atoms with Crippen LogP contribution in [0.5, 0.6) is 0 Å². The van der Waals surface area contributed by atoms with E-state index < -0.39 is 17.9 Å². The molecule has 1 amide bonds. The number of carboxylic acids is 1. The van der Waals surface area contributed by atoms with Gasteiger partial charge in [0.05, 0.1) is 5.56 Å². The third-order valence-electron chi connectivity index (χ3n) is 4.48. The molecule has 0 saturated carbocycles. The first-order valence-corrected chi connectivity index (χ1v) is 10.5. The van der Waals surface area contributed by atoms with Crippen LogP contribution in [0.1, 0.15) is 21.5 Å². The summed E-state index contributed by atoms with van der Waals surface area (Å²) in [7, 11) is 0. The Kier molecular flexibility index (Phi) is 7.48. The van der Waals surface area contributed by atoms with Gasteiger partial charge in [-0.05, 0) is 35.4 Å². The lowest BCUT2D eigenvalue weighted by Gasteiger charge is -2.29. The van der Waals surface area contributed by atoms with E-state index in [1.165, 1.54) is 17.0 Å². The smallest absolute Gasteiger partial charge is 0.326 e. The molecule has 0 unspecified atom stereocenters. The molecule has 1 N–H and O–H groups in total. The molecule has 1 atom stereocenters. The van der Waals surface area contributed by atoms with Crippen molar-refractivity contribution in [2.45, 2.75) is 19.0 Å². The molecular weight excluding hydrogens is 491 g/mol. The molecule has 1 heterocycles. The van der Waals surface area contributed by atoms with E-state index in [-0.39, 0.29) is 28.8 Å². The normalized spacial score (nSPS) is 11.7. The topological polar surface area (TPSA) is 70.5 Å². The number of halogens is 3. The lowest BCUT2D eigenvalue weighted by atomic mass is 10.0. The van der Waals surface area contributed by atoms with Crippen LogP contribution in [0.3, 0.4) is 0 Å². The zero-order valence-electron chi connectivity index (χ0n) is 15.6. The number of benzene rings is 2. The van der Waals surface area contributed by atoms with Crippen molar-refractivity contribution < 1.29 is 14.7 Å². The minimum atomic E-state index is -1.11. The number of aliphatic carboxylic acids is 1. The monoisotopic (exact) mass is 506 g/mol. The molecule has 0 fully saturated rings. The number of carbonyl (C=O) groups is 2. The van der Waals surface area contributed by atoms with Crippen molar-refractivity contribution in [2.75, 3.05) is 0 Å². The van der Waals surface area contributed by atoms with E-state index >= 15 is 0 Å². The summed E-state index contributed by atoms with van der Waals surface area (Å²) in [6.07, 6.45) is 0.147. The minimum Gasteiger partial charge on any atom is -0.480 e. The van der Waals surface area contributed by atoms with E-state index in [1.807, 2.05) is 54.6 Å². The van der Waals surface area contributed by atoms with Crippen LogP contribution in [0.25, 0.3) is 0 Å². The molecule has 5 nitrogen and oxygen atoms in total. The number of carboxylic acid groups (broad SMARTS) is 1. The molecule has 0 aliphatic heterocycles. The molecule has 3 rings (SSSR count). The summed E-state index contributed by atoms with van der Waals surface area (Å²) in [5, 5.41) is 10.0. The van der Waals surface area contributed by atoms with Crippen molar-refractivity contribution in [2.24, 2.45) is 0 Å². The maximum atomic E-state index is 13.4. The Bertz CT molecular complexity index is 1060. The summed E-state index contributed by atoms with van der Waals surface area (Å²) >= 11 is 15.4. The van der Waals surface area contributed by atoms with Crippen LogP contribution in [0, 0.1) is 0 Å². The molecule has 2 aromatic carbocycles. The van der Waals surface area contributed by atoms with E-state index in [9.17, 15) is 14.7 Å². The summed E-state index contributed by atoms with van der Waals surface area (Å²) < 4.78 is 0.827. The van der Waals surface area contributed by atoms with E-state index in [0.29, 0.717) is 0 Å². The average Bonchev–Trinajstić information content (AvgIpc) is 2.71. The number of pyridine rings is 1. The van der Waals surface area contributed by atoms with Gasteiger partial charge in [0.1, 0.15) is 16.3 Å². The predicted molar refractivity (Wildman–Crippen MR) is 120 cm³/mol. The van der Waals surface area contributed by atoms with Crippen LogP contribution in [-0.4, -0.2) is 32.9 Å². The summed E-state index contributed by atoms with van der Waals surface area (Å²) in [5.74, 6) is -1.65. The Balaban J connectivity index is 2.02. The van der Waals surface area contributed by atoms with Gasteiger partial charge >= 0.3 is 5.97 Å². The van der Waals surface area contributed by atoms with Crippen LogP contribution < -0.4 is 0 Å². The Morgan fingerprint density at radius 1 is 1.00 bits per heavy atom. The lowest BCUT2D eigenvalue weighted by Crippen LogP contribution is -2.46. The SMILES string of the molecule is O=C(O)[C@H](Cc1ccccc1)N(Cc1cccc(Br)c1)C(=O)c1ccc(Cl)nc1Cl. The van der Waals surface area contributed by atoms with Crippen molar-refractivity contribution in [1.29, 1.82) is 0 Å². The molecule has 0 bridgehead atoms. The molecule has 0 radical (unpaired) electrons. The molecule has 30 heavy (non-hydrogen) atoms. The highest BCUT2D eigenvalue weighted by Crippen LogP contribution is 2.23. The molecule has 8 heteroatoms. The molecule has 154 valence electrons. The number of aromatic nitrogens is 1. The fraction of sp³-hybridized carbons (Fsp3) is 0.136. The van der Waals surface area contributed by atoms with Crippen LogP contribution in [-0.2, 0) is 17.8 Å². The average molecular weight is 508 g/mol. The van der Waals surface area contributed by atoms with Crippen molar-refractivity contribution in [1.82, 2.24) is 9.88 Å². The van der Waals surface area contributed by atoms with Gasteiger partial charge in [-0.25, -0.2) is 9.78 Å². The first kappa shape index (κ1) is 22.3. The third kappa shape index (κ3) is 5.59. The van der Waals surface area contributed by atoms with Gasteiger partial charge in [0.2, 0.25) is 0 Å². The number of nitrogens with zero attached hydrogens (tertiary/aromatic N) is 2. The quantitative estimate of drug-likeness (QED) is 0.429. The third-order valence-corrected chi connectivity index (χ3v) is 5.47. The van der Waals surface area contributed by atoms with Gasteiger partial charge in [-0.1, -0.05) is 81.6 Å². The van der Waals surface area contributed by atoms with Gasteiger partial charge in [-0.3, -0.25) is 4.79 Å². The summed E-state index contributed by atoms with van der Waals surface area (Å²) in [5.41, 5.74) is 1.67. The van der Waals surface area contributed by atoms with Gasteiger partial charge < -0.3 is 10.0 Å². The first-order valence-electron chi connectivity index (χ1n) is 8.99. The Labute approximate surface area is 192 Å². The zero-order valence-corrected chi connectivity index (χ0v) is 18.7. The van der Waals surface area contributed by atoms with Crippen molar-refractivity contribution in [3.63, 3.8) is 0 Å². The standard InChI is InChI=1S/C22H17BrCl2N2O3/c23-16-8-4-7-15(11-16)13-27(21(28)17-9-10-19(24)26-20(17)25)18(22(29)30)12-14-5-2-1-3-6-14/h1-11,18H,12-13H2,(H,29,30)/t18-/m0/s1. The molecular formula is C22H17BrCl2N2O3. The molecule has 0 spiro atoms. The summed E-state index contributed by atoms with van der Waals surface area (Å²) in [6, 6.07) is 18.3. The van der Waals surface area contributed by atoms with Crippen molar-refractivity contribution in [3.8, 4) is 0 Å². The van der Waals surface area contributed by atoms with Gasteiger partial charge in [0.15, 0.2) is 0 Å². The number of rotatable bonds is 7. The van der Waals surface area contributed by atoms with Crippen LogP contribution in [0.2, 0.25) is 10.3 Å². The van der Waals surface area contributed by atoms with E-state index in [4.69, 9.17) is 23.2 Å². The van der Waals surface area contributed by atoms with Crippen molar-refractivity contribution in [3.05, 3.63) is 98.2 Å². The fourth-order valence-corrected chi connectivity index (χ4v) is 3.92. The molecule has 3 aromatic rings. The first-order chi connectivity index (χ1) is 14.3. The maximum Gasteiger partial charge on any atom is 0.326 e. The second-order valence-electron chi connectivity index (χ2n) is 6.58. The maximum absolute atomic E-state index is 13.4. The number of hydrogen-bond donors (Lipinski definition) is 1. The second kappa shape index (κ2) is 10.1. The van der Waals surface area contributed by atoms with E-state index in [0.717, 1.165) is 15.6 Å². The van der Waals surface area contributed by atoms with Gasteiger partial charge in [-0.2, -0.15) is 0 Å². The fourth-order valence-electron chi connectivity index (χ4n) is 3.05. The second-order valence-corrected chi connectivity index (χ2v) is 8.24. The highest BCUT2D eigenvalue weighted by molar-refractivity contribution is 9.10. The van der Waals surface area contributed by atoms with Crippen LogP contribution >= 0.6 is 39.1 Å². The largest absolute Gasteiger partial charge is 0.480 e. The minimum absolute atomic E-state index is 0.0735. The Morgan fingerprint density at radius 2 is 1.70 bits per heavy atom. The van der Waals surface area contributed by atoms with E-state index in [1.54, 1.807) is 0 Å². The molecule has 1 aromatic heterocycles. The zero-order chi connectivity index (χ0) is 21.7. The molecule has 0 aliphatic rings. The van der Waals surface area contributed by atoms with E-state index in [2.05, 4.69) is 20.9 Å². The van der Waals surface area contributed by atoms with Crippen LogP contribution in [0.15, 0.2) is 71.2 Å². The number of amides is 1. The Morgan fingerprint density at radius 3 is 2.33 bits per heavy atom. The Hall–Kier alpha value is -2.41. The van der Waals surface area contributed by atoms with Crippen molar-refractivity contribution >= 4 is 51.0 Å². The highest BCUT2D eigenvalue weighted by Gasteiger charge is 2.32. The summed E-state index contributed by atoms with van der Waals surface area (Å²) in [4.78, 5) is 30.8. The van der Waals surface area contributed by atoms with Gasteiger partial charge in [0.25, 0.3) is 5.91 Å². The van der Waals surface area contributed by atoms with Crippen LogP contribution in [0.4, 0.5) is 0 Å². The summed E-state index contributed by atoms with van der Waals surface area (Å²) in [6.45, 7) is 0.0844. The predicted octanol–water partition coefficient (Wildman–Crippen LogP) is 5.49.